The number of hydrogen-bond donors (Lipinski definition) is 3. The SMILES string of the molecule is CNC(=O)c1ccc(OC)c(/N=N/c2c(O)c(C(=O)Nc3cc(Cl)c(OC)cc3OC)cc3ccccc23)c1. The topological polar surface area (TPSA) is 131 Å². The van der Waals surface area contributed by atoms with Crippen LogP contribution in [0, 0.1) is 0 Å². The monoisotopic (exact) mass is 548 g/mol. The number of carbonyl (C=O) groups excluding carboxylic acids is 2. The van der Waals surface area contributed by atoms with Gasteiger partial charge in [0, 0.05) is 24.1 Å². The van der Waals surface area contributed by atoms with Crippen LogP contribution in [0.25, 0.3) is 10.8 Å². The Morgan fingerprint density at radius 1 is 0.846 bits per heavy atom. The number of phenols is 1. The highest BCUT2D eigenvalue weighted by Gasteiger charge is 2.21. The van der Waals surface area contributed by atoms with E-state index in [4.69, 9.17) is 25.8 Å². The molecule has 4 aromatic rings. The first-order valence-corrected chi connectivity index (χ1v) is 12.0. The number of amides is 2. The number of phenolic OH excluding ortho intramolecular Hbond substituents is 1. The third-order valence-corrected chi connectivity index (χ3v) is 6.18. The van der Waals surface area contributed by atoms with Crippen molar-refractivity contribution < 1.29 is 28.9 Å². The van der Waals surface area contributed by atoms with Crippen molar-refractivity contribution in [1.29, 1.82) is 0 Å². The number of benzene rings is 4. The van der Waals surface area contributed by atoms with E-state index < -0.39 is 11.7 Å². The second-order valence-electron chi connectivity index (χ2n) is 8.15. The number of aromatic hydroxyl groups is 1. The van der Waals surface area contributed by atoms with E-state index in [0.29, 0.717) is 33.6 Å². The van der Waals surface area contributed by atoms with Crippen LogP contribution in [0.1, 0.15) is 20.7 Å². The van der Waals surface area contributed by atoms with E-state index in [1.54, 1.807) is 42.5 Å². The Morgan fingerprint density at radius 2 is 1.56 bits per heavy atom. The van der Waals surface area contributed by atoms with Crippen molar-refractivity contribution in [3.05, 3.63) is 76.8 Å². The van der Waals surface area contributed by atoms with Crippen LogP contribution >= 0.6 is 11.6 Å². The minimum atomic E-state index is -0.631. The highest BCUT2D eigenvalue weighted by molar-refractivity contribution is 6.32. The first kappa shape index (κ1) is 27.2. The Hall–Kier alpha value is -4.83. The predicted octanol–water partition coefficient (Wildman–Crippen LogP) is 6.25. The molecule has 0 fully saturated rings. The molecule has 0 unspecified atom stereocenters. The van der Waals surface area contributed by atoms with Gasteiger partial charge in [-0.05, 0) is 35.7 Å². The van der Waals surface area contributed by atoms with Gasteiger partial charge in [0.15, 0.2) is 5.75 Å². The summed E-state index contributed by atoms with van der Waals surface area (Å²) >= 11 is 6.24. The number of hydrogen-bond acceptors (Lipinski definition) is 8. The number of fused-ring (bicyclic) bond motifs is 1. The number of ether oxygens (including phenoxy) is 3. The van der Waals surface area contributed by atoms with E-state index >= 15 is 0 Å². The molecule has 0 saturated heterocycles. The van der Waals surface area contributed by atoms with Gasteiger partial charge in [-0.1, -0.05) is 35.9 Å². The zero-order valence-corrected chi connectivity index (χ0v) is 22.3. The zero-order valence-electron chi connectivity index (χ0n) is 21.5. The number of methoxy groups -OCH3 is 3. The first-order chi connectivity index (χ1) is 18.8. The minimum absolute atomic E-state index is 0.0530. The van der Waals surface area contributed by atoms with Gasteiger partial charge in [0.2, 0.25) is 0 Å². The Kier molecular flexibility index (Phi) is 8.16. The number of nitrogens with zero attached hydrogens (tertiary/aromatic N) is 2. The van der Waals surface area contributed by atoms with Crippen LogP contribution in [0.5, 0.6) is 23.0 Å². The van der Waals surface area contributed by atoms with Crippen molar-refractivity contribution >= 4 is 51.2 Å². The number of carbonyl (C=O) groups is 2. The van der Waals surface area contributed by atoms with Gasteiger partial charge < -0.3 is 30.0 Å². The Bertz CT molecular complexity index is 1610. The summed E-state index contributed by atoms with van der Waals surface area (Å²) in [5, 5.41) is 26.5. The molecular weight excluding hydrogens is 524 g/mol. The fourth-order valence-corrected chi connectivity index (χ4v) is 4.14. The van der Waals surface area contributed by atoms with Crippen molar-refractivity contribution in [1.82, 2.24) is 5.32 Å². The lowest BCUT2D eigenvalue weighted by Gasteiger charge is -2.15. The van der Waals surface area contributed by atoms with Crippen LogP contribution < -0.4 is 24.8 Å². The second-order valence-corrected chi connectivity index (χ2v) is 8.56. The van der Waals surface area contributed by atoms with Crippen molar-refractivity contribution in [2.45, 2.75) is 0 Å². The number of nitrogens with one attached hydrogen (secondary N) is 2. The highest BCUT2D eigenvalue weighted by Crippen LogP contribution is 2.41. The van der Waals surface area contributed by atoms with Crippen LogP contribution in [0.15, 0.2) is 70.9 Å². The van der Waals surface area contributed by atoms with Gasteiger partial charge in [-0.25, -0.2) is 0 Å². The van der Waals surface area contributed by atoms with Crippen LogP contribution in [0.4, 0.5) is 17.1 Å². The average Bonchev–Trinajstić information content (AvgIpc) is 2.95. The van der Waals surface area contributed by atoms with E-state index in [9.17, 15) is 14.7 Å². The summed E-state index contributed by atoms with van der Waals surface area (Å²) in [5.41, 5.74) is 0.893. The molecule has 2 amide bonds. The lowest BCUT2D eigenvalue weighted by atomic mass is 10.0. The van der Waals surface area contributed by atoms with Gasteiger partial charge in [0.1, 0.15) is 28.6 Å². The van der Waals surface area contributed by atoms with Gasteiger partial charge in [-0.2, -0.15) is 0 Å². The van der Waals surface area contributed by atoms with Gasteiger partial charge in [0.05, 0.1) is 37.6 Å². The van der Waals surface area contributed by atoms with Gasteiger partial charge in [-0.15, -0.1) is 10.2 Å². The molecule has 11 heteroatoms. The lowest BCUT2D eigenvalue weighted by Crippen LogP contribution is -2.17. The lowest BCUT2D eigenvalue weighted by molar-refractivity contribution is 0.0962. The van der Waals surface area contributed by atoms with E-state index in [2.05, 4.69) is 20.9 Å². The van der Waals surface area contributed by atoms with E-state index in [0.717, 1.165) is 0 Å². The van der Waals surface area contributed by atoms with E-state index in [1.807, 2.05) is 0 Å². The van der Waals surface area contributed by atoms with Crippen LogP contribution in [0.3, 0.4) is 0 Å². The number of azo groups is 1. The minimum Gasteiger partial charge on any atom is -0.505 e. The normalized spacial score (nSPS) is 10.9. The maximum absolute atomic E-state index is 13.4. The molecule has 0 spiro atoms. The quantitative estimate of drug-likeness (QED) is 0.223. The van der Waals surface area contributed by atoms with Gasteiger partial charge in [0.25, 0.3) is 11.8 Å². The summed E-state index contributed by atoms with van der Waals surface area (Å²) in [7, 11) is 5.89. The maximum atomic E-state index is 13.4. The van der Waals surface area contributed by atoms with Gasteiger partial charge in [-0.3, -0.25) is 9.59 Å². The maximum Gasteiger partial charge on any atom is 0.259 e. The van der Waals surface area contributed by atoms with Crippen LogP contribution in [0.2, 0.25) is 5.02 Å². The summed E-state index contributed by atoms with van der Waals surface area (Å²) in [6.07, 6.45) is 0. The highest BCUT2D eigenvalue weighted by atomic mass is 35.5. The molecular formula is C28H25ClN4O6. The van der Waals surface area contributed by atoms with Crippen LogP contribution in [-0.4, -0.2) is 45.3 Å². The number of rotatable bonds is 8. The Morgan fingerprint density at radius 3 is 2.26 bits per heavy atom. The Balaban J connectivity index is 1.79. The molecule has 0 aliphatic carbocycles. The Labute approximate surface area is 229 Å². The molecule has 4 aromatic carbocycles. The summed E-state index contributed by atoms with van der Waals surface area (Å²) in [4.78, 5) is 25.5. The molecule has 3 N–H and O–H groups in total. The third kappa shape index (κ3) is 5.55. The summed E-state index contributed by atoms with van der Waals surface area (Å²) < 4.78 is 15.9. The molecule has 39 heavy (non-hydrogen) atoms. The molecule has 0 aromatic heterocycles. The van der Waals surface area contributed by atoms with Crippen molar-refractivity contribution in [2.24, 2.45) is 10.2 Å². The fraction of sp³-hybridized carbons (Fsp3) is 0.143. The molecule has 0 saturated carbocycles. The average molecular weight is 549 g/mol. The molecule has 4 rings (SSSR count). The summed E-state index contributed by atoms with van der Waals surface area (Å²) in [6, 6.07) is 16.4. The second kappa shape index (κ2) is 11.7. The van der Waals surface area contributed by atoms with Crippen molar-refractivity contribution in [3.8, 4) is 23.0 Å². The zero-order chi connectivity index (χ0) is 28.1. The van der Waals surface area contributed by atoms with Gasteiger partial charge >= 0.3 is 0 Å². The predicted molar refractivity (Wildman–Crippen MR) is 149 cm³/mol. The molecule has 0 bridgehead atoms. The molecule has 0 atom stereocenters. The van der Waals surface area contributed by atoms with E-state index in [-0.39, 0.29) is 33.6 Å². The van der Waals surface area contributed by atoms with Crippen molar-refractivity contribution in [3.63, 3.8) is 0 Å². The summed E-state index contributed by atoms with van der Waals surface area (Å²) in [5.74, 6) is -0.280. The van der Waals surface area contributed by atoms with Crippen molar-refractivity contribution in [2.75, 3.05) is 33.7 Å². The fourth-order valence-electron chi connectivity index (χ4n) is 3.90. The molecule has 10 nitrogen and oxygen atoms in total. The third-order valence-electron chi connectivity index (χ3n) is 5.89. The number of halogens is 1. The molecule has 0 heterocycles. The number of anilines is 1. The largest absolute Gasteiger partial charge is 0.505 e. The molecule has 0 aliphatic heterocycles. The molecule has 200 valence electrons. The smallest absolute Gasteiger partial charge is 0.259 e. The molecule has 0 radical (unpaired) electrons. The molecule has 0 aliphatic rings. The van der Waals surface area contributed by atoms with Crippen LogP contribution in [-0.2, 0) is 0 Å². The van der Waals surface area contributed by atoms with E-state index in [1.165, 1.54) is 46.6 Å². The first-order valence-electron chi connectivity index (χ1n) is 11.6. The summed E-state index contributed by atoms with van der Waals surface area (Å²) in [6.45, 7) is 0. The standard InChI is InChI=1S/C28H25ClN4O6/c1-30-27(35)16-9-10-22(37-2)21(12-16)32-33-25-17-8-6-5-7-15(17)11-18(26(25)34)28(36)31-20-13-19(29)23(38-3)14-24(20)39-4/h5-14,34H,1-4H3,(H,30,35)(H,31,36)/b33-32+.